The van der Waals surface area contributed by atoms with Crippen LogP contribution in [0.1, 0.15) is 30.5 Å². The molecule has 0 aliphatic carbocycles. The van der Waals surface area contributed by atoms with Gasteiger partial charge in [0.1, 0.15) is 0 Å². The summed E-state index contributed by atoms with van der Waals surface area (Å²) in [5.74, 6) is 3.00. The Hall–Kier alpha value is -2.44. The van der Waals surface area contributed by atoms with Gasteiger partial charge in [0.2, 0.25) is 0 Å². The molecule has 1 unspecified atom stereocenters. The quantitative estimate of drug-likeness (QED) is 0.732. The molecule has 6 heteroatoms. The van der Waals surface area contributed by atoms with Crippen LogP contribution in [0.5, 0.6) is 23.0 Å². The van der Waals surface area contributed by atoms with Crippen LogP contribution in [0.25, 0.3) is 0 Å². The van der Waals surface area contributed by atoms with Crippen LogP contribution in [-0.4, -0.2) is 59.0 Å². The molecule has 0 spiro atoms. The van der Waals surface area contributed by atoms with Gasteiger partial charge in [0, 0.05) is 25.2 Å². The number of para-hydroxylation sites is 1. The van der Waals surface area contributed by atoms with Gasteiger partial charge in [0.25, 0.3) is 0 Å². The Morgan fingerprint density at radius 2 is 1.76 bits per heavy atom. The second kappa shape index (κ2) is 10.4. The summed E-state index contributed by atoms with van der Waals surface area (Å²) in [7, 11) is 5.05. The third-order valence-corrected chi connectivity index (χ3v) is 5.27. The molecule has 0 amide bonds. The number of methoxy groups -OCH3 is 3. The van der Waals surface area contributed by atoms with E-state index >= 15 is 0 Å². The van der Waals surface area contributed by atoms with Crippen LogP contribution in [0.15, 0.2) is 36.4 Å². The summed E-state index contributed by atoms with van der Waals surface area (Å²) in [4.78, 5) is 2.49. The van der Waals surface area contributed by atoms with Gasteiger partial charge in [-0.15, -0.1) is 0 Å². The van der Waals surface area contributed by atoms with E-state index in [2.05, 4.69) is 28.4 Å². The van der Waals surface area contributed by atoms with E-state index in [9.17, 15) is 0 Å². The minimum atomic E-state index is 0.0181. The maximum absolute atomic E-state index is 5.79. The van der Waals surface area contributed by atoms with Crippen LogP contribution in [0.3, 0.4) is 0 Å². The molecule has 1 N–H and O–H groups in total. The van der Waals surface area contributed by atoms with Crippen molar-refractivity contribution < 1.29 is 18.9 Å². The molecule has 158 valence electrons. The van der Waals surface area contributed by atoms with E-state index in [4.69, 9.17) is 18.9 Å². The first-order chi connectivity index (χ1) is 14.2. The zero-order chi connectivity index (χ0) is 20.6. The summed E-state index contributed by atoms with van der Waals surface area (Å²) in [5.41, 5.74) is 2.22. The summed E-state index contributed by atoms with van der Waals surface area (Å²) in [6, 6.07) is 12.3. The Morgan fingerprint density at radius 1 is 0.931 bits per heavy atom. The summed E-state index contributed by atoms with van der Waals surface area (Å²) < 4.78 is 22.7. The van der Waals surface area contributed by atoms with Gasteiger partial charge in [-0.2, -0.15) is 0 Å². The van der Waals surface area contributed by atoms with Crippen LogP contribution >= 0.6 is 0 Å². The van der Waals surface area contributed by atoms with E-state index in [1.807, 2.05) is 25.1 Å². The minimum absolute atomic E-state index is 0.0181. The smallest absolute Gasteiger partial charge is 0.165 e. The van der Waals surface area contributed by atoms with Gasteiger partial charge in [-0.25, -0.2) is 0 Å². The van der Waals surface area contributed by atoms with Crippen LogP contribution in [-0.2, 0) is 0 Å². The predicted octanol–water partition coefficient (Wildman–Crippen LogP) is 3.50. The first-order valence-electron chi connectivity index (χ1n) is 10.2. The molecular weight excluding hydrogens is 368 g/mol. The van der Waals surface area contributed by atoms with E-state index in [1.54, 1.807) is 21.3 Å². The first-order valence-corrected chi connectivity index (χ1v) is 10.2. The fourth-order valence-corrected chi connectivity index (χ4v) is 3.97. The van der Waals surface area contributed by atoms with Crippen molar-refractivity contribution in [1.29, 1.82) is 0 Å². The molecule has 2 aromatic rings. The summed E-state index contributed by atoms with van der Waals surface area (Å²) in [5, 5.41) is 3.49. The van der Waals surface area contributed by atoms with Crippen molar-refractivity contribution in [3.8, 4) is 23.0 Å². The highest BCUT2D eigenvalue weighted by atomic mass is 16.5. The standard InChI is InChI=1S/C23H32N2O4/c1-5-29-19-11-10-17(16-21(19)27-3)22(25-14-7-12-24-13-15-25)18-8-6-9-20(26-2)23(18)28-4/h6,8-11,16,22,24H,5,7,12-15H2,1-4H3. The topological polar surface area (TPSA) is 52.2 Å². The normalized spacial score (nSPS) is 16.0. The fourth-order valence-electron chi connectivity index (χ4n) is 3.97. The first kappa shape index (κ1) is 21.3. The van der Waals surface area contributed by atoms with E-state index in [0.29, 0.717) is 6.61 Å². The molecule has 1 aliphatic rings. The van der Waals surface area contributed by atoms with Gasteiger partial charge in [-0.1, -0.05) is 18.2 Å². The zero-order valence-electron chi connectivity index (χ0n) is 17.9. The average Bonchev–Trinajstić information content (AvgIpc) is 3.04. The molecule has 0 aromatic heterocycles. The number of ether oxygens (including phenoxy) is 4. The lowest BCUT2D eigenvalue weighted by Crippen LogP contribution is -2.33. The zero-order valence-corrected chi connectivity index (χ0v) is 17.9. The Balaban J connectivity index is 2.12. The van der Waals surface area contributed by atoms with Crippen LogP contribution < -0.4 is 24.3 Å². The SMILES string of the molecule is CCOc1ccc(C(c2cccc(OC)c2OC)N2CCCNCC2)cc1OC. The molecule has 1 saturated heterocycles. The highest BCUT2D eigenvalue weighted by Gasteiger charge is 2.28. The highest BCUT2D eigenvalue weighted by molar-refractivity contribution is 5.53. The second-order valence-electron chi connectivity index (χ2n) is 6.97. The maximum Gasteiger partial charge on any atom is 0.165 e. The predicted molar refractivity (Wildman–Crippen MR) is 115 cm³/mol. The van der Waals surface area contributed by atoms with E-state index in [-0.39, 0.29) is 6.04 Å². The third-order valence-electron chi connectivity index (χ3n) is 5.27. The molecular formula is C23H32N2O4. The molecule has 2 aromatic carbocycles. The average molecular weight is 401 g/mol. The summed E-state index contributed by atoms with van der Waals surface area (Å²) >= 11 is 0. The van der Waals surface area contributed by atoms with Gasteiger partial charge < -0.3 is 24.3 Å². The van der Waals surface area contributed by atoms with Gasteiger partial charge in [0.05, 0.1) is 34.0 Å². The van der Waals surface area contributed by atoms with Crippen molar-refractivity contribution in [2.24, 2.45) is 0 Å². The lowest BCUT2D eigenvalue weighted by molar-refractivity contribution is 0.233. The van der Waals surface area contributed by atoms with Crippen molar-refractivity contribution in [3.05, 3.63) is 47.5 Å². The lowest BCUT2D eigenvalue weighted by Gasteiger charge is -2.33. The summed E-state index contributed by atoms with van der Waals surface area (Å²) in [6.07, 6.45) is 1.09. The van der Waals surface area contributed by atoms with Crippen molar-refractivity contribution in [3.63, 3.8) is 0 Å². The second-order valence-corrected chi connectivity index (χ2v) is 6.97. The van der Waals surface area contributed by atoms with Gasteiger partial charge in [-0.3, -0.25) is 4.90 Å². The third kappa shape index (κ3) is 4.77. The number of benzene rings is 2. The molecule has 1 atom stereocenters. The van der Waals surface area contributed by atoms with E-state index in [0.717, 1.165) is 66.7 Å². The fraction of sp³-hybridized carbons (Fsp3) is 0.478. The Bertz CT molecular complexity index is 788. The minimum Gasteiger partial charge on any atom is -0.493 e. The number of nitrogens with one attached hydrogen (secondary N) is 1. The number of hydrogen-bond donors (Lipinski definition) is 1. The summed E-state index contributed by atoms with van der Waals surface area (Å²) in [6.45, 7) is 6.50. The Labute approximate surface area is 173 Å². The van der Waals surface area contributed by atoms with Crippen molar-refractivity contribution in [1.82, 2.24) is 10.2 Å². The molecule has 0 radical (unpaired) electrons. The molecule has 29 heavy (non-hydrogen) atoms. The molecule has 1 aliphatic heterocycles. The highest BCUT2D eigenvalue weighted by Crippen LogP contribution is 2.42. The monoisotopic (exact) mass is 400 g/mol. The number of nitrogens with zero attached hydrogens (tertiary/aromatic N) is 1. The maximum atomic E-state index is 5.79. The molecule has 1 heterocycles. The van der Waals surface area contributed by atoms with Crippen LogP contribution in [0.4, 0.5) is 0 Å². The molecule has 0 bridgehead atoms. The largest absolute Gasteiger partial charge is 0.493 e. The van der Waals surface area contributed by atoms with Crippen LogP contribution in [0.2, 0.25) is 0 Å². The molecule has 1 fully saturated rings. The molecule has 6 nitrogen and oxygen atoms in total. The lowest BCUT2D eigenvalue weighted by atomic mass is 9.95. The molecule has 3 rings (SSSR count). The van der Waals surface area contributed by atoms with Gasteiger partial charge >= 0.3 is 0 Å². The van der Waals surface area contributed by atoms with Crippen LogP contribution in [0, 0.1) is 0 Å². The van der Waals surface area contributed by atoms with Gasteiger partial charge in [-0.05, 0) is 43.7 Å². The van der Waals surface area contributed by atoms with Crippen molar-refractivity contribution in [2.75, 3.05) is 54.1 Å². The molecule has 0 saturated carbocycles. The van der Waals surface area contributed by atoms with Crippen molar-refractivity contribution >= 4 is 0 Å². The van der Waals surface area contributed by atoms with E-state index < -0.39 is 0 Å². The van der Waals surface area contributed by atoms with Crippen molar-refractivity contribution in [2.45, 2.75) is 19.4 Å². The van der Waals surface area contributed by atoms with E-state index in [1.165, 1.54) is 0 Å². The number of rotatable bonds is 8. The Morgan fingerprint density at radius 3 is 2.48 bits per heavy atom. The Kier molecular flexibility index (Phi) is 7.61. The van der Waals surface area contributed by atoms with Gasteiger partial charge in [0.15, 0.2) is 23.0 Å². The number of hydrogen-bond acceptors (Lipinski definition) is 6.